The Bertz CT molecular complexity index is 361. The van der Waals surface area contributed by atoms with Crippen molar-refractivity contribution in [2.24, 2.45) is 0 Å². The van der Waals surface area contributed by atoms with Crippen LogP contribution in [0.15, 0.2) is 35.2 Å². The van der Waals surface area contributed by atoms with Gasteiger partial charge in [-0.3, -0.25) is 9.00 Å². The zero-order chi connectivity index (χ0) is 9.97. The van der Waals surface area contributed by atoms with Crippen LogP contribution in [0.3, 0.4) is 0 Å². The molecule has 0 aromatic heterocycles. The molecule has 0 bridgehead atoms. The summed E-state index contributed by atoms with van der Waals surface area (Å²) in [5.74, 6) is -0.341. The summed E-state index contributed by atoms with van der Waals surface area (Å²) in [5.41, 5.74) is 0. The first-order chi connectivity index (χ1) is 6.79. The minimum absolute atomic E-state index is 0.341. The fourth-order valence-electron chi connectivity index (χ4n) is 1.39. The zero-order valence-electron chi connectivity index (χ0n) is 7.51. The third-order valence-corrected chi connectivity index (χ3v) is 3.80. The molecule has 1 aliphatic heterocycles. The maximum Gasteiger partial charge on any atom is 0.322 e. The van der Waals surface area contributed by atoms with Gasteiger partial charge in [0.05, 0.1) is 17.4 Å². The van der Waals surface area contributed by atoms with Crippen LogP contribution in [-0.2, 0) is 20.3 Å². The Kier molecular flexibility index (Phi) is 2.63. The Hall–Kier alpha value is -1.16. The van der Waals surface area contributed by atoms with Crippen molar-refractivity contribution in [1.29, 1.82) is 0 Å². The maximum absolute atomic E-state index is 11.9. The first kappa shape index (κ1) is 9.40. The average Bonchev–Trinajstić information content (AvgIpc) is 2.65. The van der Waals surface area contributed by atoms with E-state index in [4.69, 9.17) is 4.74 Å². The third kappa shape index (κ3) is 1.70. The van der Waals surface area contributed by atoms with Gasteiger partial charge in [0.25, 0.3) is 0 Å². The standard InChI is InChI=1S/C10H10O3S/c11-10-9(6-7-13-10)14(12)8-4-2-1-3-5-8/h1-5,9H,6-7H2. The molecule has 0 aliphatic carbocycles. The fourth-order valence-corrected chi connectivity index (χ4v) is 2.70. The molecular formula is C10H10O3S. The van der Waals surface area contributed by atoms with Crippen LogP contribution in [0, 0.1) is 0 Å². The van der Waals surface area contributed by atoms with E-state index in [0.717, 1.165) is 0 Å². The molecule has 0 N–H and O–H groups in total. The normalized spacial score (nSPS) is 23.1. The molecule has 1 saturated heterocycles. The topological polar surface area (TPSA) is 43.4 Å². The first-order valence-electron chi connectivity index (χ1n) is 4.41. The molecule has 2 unspecified atom stereocenters. The molecule has 0 amide bonds. The van der Waals surface area contributed by atoms with Gasteiger partial charge >= 0.3 is 5.97 Å². The van der Waals surface area contributed by atoms with Crippen molar-refractivity contribution in [3.63, 3.8) is 0 Å². The lowest BCUT2D eigenvalue weighted by Gasteiger charge is -2.04. The number of ether oxygens (including phenoxy) is 1. The number of esters is 1. The molecule has 4 heteroatoms. The van der Waals surface area contributed by atoms with Crippen molar-refractivity contribution < 1.29 is 13.7 Å². The molecule has 74 valence electrons. The van der Waals surface area contributed by atoms with Gasteiger partial charge in [-0.15, -0.1) is 0 Å². The number of benzene rings is 1. The Labute approximate surface area is 84.5 Å². The van der Waals surface area contributed by atoms with Crippen LogP contribution in [0.2, 0.25) is 0 Å². The molecule has 2 rings (SSSR count). The molecule has 0 radical (unpaired) electrons. The van der Waals surface area contributed by atoms with Gasteiger partial charge < -0.3 is 4.74 Å². The minimum atomic E-state index is -1.26. The number of hydrogen-bond acceptors (Lipinski definition) is 3. The lowest BCUT2D eigenvalue weighted by Crippen LogP contribution is -2.20. The average molecular weight is 210 g/mol. The Balaban J connectivity index is 2.20. The van der Waals surface area contributed by atoms with E-state index in [0.29, 0.717) is 17.9 Å². The van der Waals surface area contributed by atoms with Crippen LogP contribution >= 0.6 is 0 Å². The number of carbonyl (C=O) groups excluding carboxylic acids is 1. The zero-order valence-corrected chi connectivity index (χ0v) is 8.33. The summed E-state index contributed by atoms with van der Waals surface area (Å²) in [6, 6.07) is 9.01. The number of rotatable bonds is 2. The smallest absolute Gasteiger partial charge is 0.322 e. The summed E-state index contributed by atoms with van der Waals surface area (Å²) in [6.07, 6.45) is 0.556. The molecule has 1 aromatic carbocycles. The second-order valence-electron chi connectivity index (χ2n) is 3.06. The summed E-state index contributed by atoms with van der Waals surface area (Å²) in [4.78, 5) is 11.9. The number of cyclic esters (lactones) is 1. The Morgan fingerprint density at radius 1 is 1.29 bits per heavy atom. The molecule has 1 heterocycles. The molecule has 1 aromatic rings. The van der Waals surface area contributed by atoms with Gasteiger partial charge in [0.2, 0.25) is 0 Å². The number of carbonyl (C=O) groups is 1. The molecule has 14 heavy (non-hydrogen) atoms. The molecule has 0 spiro atoms. The van der Waals surface area contributed by atoms with E-state index in [2.05, 4.69) is 0 Å². The van der Waals surface area contributed by atoms with E-state index >= 15 is 0 Å². The van der Waals surface area contributed by atoms with Crippen molar-refractivity contribution in [2.75, 3.05) is 6.61 Å². The second kappa shape index (κ2) is 3.92. The monoisotopic (exact) mass is 210 g/mol. The summed E-state index contributed by atoms with van der Waals surface area (Å²) in [6.45, 7) is 0.391. The largest absolute Gasteiger partial charge is 0.465 e. The van der Waals surface area contributed by atoms with Crippen LogP contribution in [0.1, 0.15) is 6.42 Å². The first-order valence-corrected chi connectivity index (χ1v) is 5.62. The van der Waals surface area contributed by atoms with Crippen molar-refractivity contribution in [3.05, 3.63) is 30.3 Å². The van der Waals surface area contributed by atoms with Gasteiger partial charge in [-0.25, -0.2) is 0 Å². The highest BCUT2D eigenvalue weighted by molar-refractivity contribution is 7.86. The van der Waals surface area contributed by atoms with Crippen LogP contribution < -0.4 is 0 Å². The minimum Gasteiger partial charge on any atom is -0.465 e. The molecule has 3 nitrogen and oxygen atoms in total. The van der Waals surface area contributed by atoms with E-state index in [1.807, 2.05) is 18.2 Å². The molecule has 0 saturated carbocycles. The number of hydrogen-bond donors (Lipinski definition) is 0. The lowest BCUT2D eigenvalue weighted by atomic mass is 10.4. The quantitative estimate of drug-likeness (QED) is 0.687. The Morgan fingerprint density at radius 3 is 2.57 bits per heavy atom. The predicted molar refractivity (Wildman–Crippen MR) is 52.2 cm³/mol. The van der Waals surface area contributed by atoms with Gasteiger partial charge in [-0.1, -0.05) is 18.2 Å². The highest BCUT2D eigenvalue weighted by Gasteiger charge is 2.32. The van der Waals surface area contributed by atoms with Gasteiger partial charge in [-0.05, 0) is 12.1 Å². The van der Waals surface area contributed by atoms with Gasteiger partial charge in [0.1, 0.15) is 5.25 Å². The summed E-state index contributed by atoms with van der Waals surface area (Å²) in [7, 11) is -1.26. The molecule has 1 aliphatic rings. The van der Waals surface area contributed by atoms with Crippen molar-refractivity contribution in [1.82, 2.24) is 0 Å². The molecule has 1 fully saturated rings. The van der Waals surface area contributed by atoms with Crippen LogP contribution in [0.5, 0.6) is 0 Å². The predicted octanol–water partition coefficient (Wildman–Crippen LogP) is 1.11. The highest BCUT2D eigenvalue weighted by Crippen LogP contribution is 2.19. The second-order valence-corrected chi connectivity index (χ2v) is 4.69. The third-order valence-electron chi connectivity index (χ3n) is 2.12. The van der Waals surface area contributed by atoms with E-state index in [1.165, 1.54) is 0 Å². The highest BCUT2D eigenvalue weighted by atomic mass is 32.2. The van der Waals surface area contributed by atoms with Crippen LogP contribution in [-0.4, -0.2) is 22.0 Å². The van der Waals surface area contributed by atoms with Gasteiger partial charge in [-0.2, -0.15) is 0 Å². The van der Waals surface area contributed by atoms with Crippen molar-refractivity contribution >= 4 is 16.8 Å². The van der Waals surface area contributed by atoms with E-state index < -0.39 is 16.0 Å². The van der Waals surface area contributed by atoms with E-state index in [-0.39, 0.29) is 5.97 Å². The Morgan fingerprint density at radius 2 is 2.00 bits per heavy atom. The summed E-state index contributed by atoms with van der Waals surface area (Å²) >= 11 is 0. The van der Waals surface area contributed by atoms with Gasteiger partial charge in [0.15, 0.2) is 0 Å². The van der Waals surface area contributed by atoms with Gasteiger partial charge in [0, 0.05) is 11.3 Å². The van der Waals surface area contributed by atoms with Crippen molar-refractivity contribution in [2.45, 2.75) is 16.6 Å². The van der Waals surface area contributed by atoms with Crippen LogP contribution in [0.4, 0.5) is 0 Å². The summed E-state index contributed by atoms with van der Waals surface area (Å²) < 4.78 is 16.6. The lowest BCUT2D eigenvalue weighted by molar-refractivity contribution is -0.137. The van der Waals surface area contributed by atoms with Crippen molar-refractivity contribution in [3.8, 4) is 0 Å². The molecular weight excluding hydrogens is 200 g/mol. The fraction of sp³-hybridized carbons (Fsp3) is 0.300. The SMILES string of the molecule is O=C1OCCC1S(=O)c1ccccc1. The van der Waals surface area contributed by atoms with E-state index in [1.54, 1.807) is 12.1 Å². The summed E-state index contributed by atoms with van der Waals surface area (Å²) in [5, 5.41) is -0.475. The van der Waals surface area contributed by atoms with Crippen LogP contribution in [0.25, 0.3) is 0 Å². The molecule has 2 atom stereocenters. The van der Waals surface area contributed by atoms with E-state index in [9.17, 15) is 9.00 Å². The maximum atomic E-state index is 11.9.